The number of esters is 2. The molecule has 0 amide bonds. The molecule has 2 unspecified atom stereocenters. The Labute approximate surface area is 518 Å². The summed E-state index contributed by atoms with van der Waals surface area (Å²) in [6.07, 6.45) is 7.79. The van der Waals surface area contributed by atoms with Crippen molar-refractivity contribution in [2.24, 2.45) is 63.0 Å². The molecule has 0 radical (unpaired) electrons. The Kier molecular flexibility index (Phi) is 21.6. The van der Waals surface area contributed by atoms with Crippen LogP contribution < -0.4 is 0 Å². The van der Waals surface area contributed by atoms with Crippen LogP contribution in [0.4, 0.5) is 0 Å². The Bertz CT molecular complexity index is 3380. The van der Waals surface area contributed by atoms with Crippen molar-refractivity contribution in [1.82, 2.24) is 0 Å². The van der Waals surface area contributed by atoms with Gasteiger partial charge in [-0.2, -0.15) is 5.11 Å². The van der Waals surface area contributed by atoms with Gasteiger partial charge in [0.15, 0.2) is 11.6 Å². The maximum atomic E-state index is 13.1. The van der Waals surface area contributed by atoms with Gasteiger partial charge in [-0.25, -0.2) is 0 Å². The Hall–Kier alpha value is -1.90. The number of rotatable bonds is 8. The van der Waals surface area contributed by atoms with Crippen molar-refractivity contribution in [1.29, 1.82) is 1.28 Å². The average Bonchev–Trinajstić information content (AvgIpc) is 1.97. The van der Waals surface area contributed by atoms with Crippen LogP contribution in [-0.4, -0.2) is 108 Å². The van der Waals surface area contributed by atoms with Gasteiger partial charge in [0, 0.05) is 148 Å². The number of carbonyl (C=O) groups excluding carboxylic acids is 4. The molecular formula is C56H72N2O12P2S10. The SMILES string of the molecule is CC1=C[C@H]2[C@@]3(O)[C@H](C)C[C@@]4(OC(=O)Cc5ccccc5)N=NC(C)(C)[C@H]4[C@@H]3C=C(CO)C[C@]2(O)C1=O.CC1=C[C@H]2[C@@]3(O)[C@H](C)C[C@]4(OC(=O)Cc5ccccc5)[C@H]([C@@H]3C=C(CO)C[C@]2(O)C1=O)C4(C)C.S=S=S=S=S=S=S=S=S=S.[2H]PP. The molecule has 7 aliphatic carbocycles. The Morgan fingerprint density at radius 3 is 1.48 bits per heavy atom. The monoisotopic (exact) mass is 1350 g/mol. The van der Waals surface area contributed by atoms with E-state index in [0.717, 1.165) is 11.1 Å². The lowest BCUT2D eigenvalue weighted by Crippen LogP contribution is -2.67. The number of fused-ring (bicyclic) bond motifs is 10. The molecule has 0 aromatic heterocycles. The van der Waals surface area contributed by atoms with Crippen LogP contribution in [0.2, 0.25) is 0 Å². The summed E-state index contributed by atoms with van der Waals surface area (Å²) in [4.78, 5) is 52.3. The lowest BCUT2D eigenvalue weighted by atomic mass is 9.52. The van der Waals surface area contributed by atoms with Crippen molar-refractivity contribution >= 4 is 135 Å². The number of carbonyl (C=O) groups is 4. The third kappa shape index (κ3) is 12.5. The second-order valence-electron chi connectivity index (χ2n) is 23.6. The maximum Gasteiger partial charge on any atom is 0.312 e. The fourth-order valence-electron chi connectivity index (χ4n) is 14.9. The van der Waals surface area contributed by atoms with Gasteiger partial charge in [-0.1, -0.05) is 113 Å². The lowest BCUT2D eigenvalue weighted by molar-refractivity contribution is -0.225. The summed E-state index contributed by atoms with van der Waals surface area (Å²) in [6.45, 7) is 14.2. The standard InChI is InChI=1S/C28H34N2O6.C28H34O6.H4P2.S10/c1-16-10-21-26(34,24(16)33)14-19(15-31)11-20-23-25(3,4)29-30-27(23,13-17(2)28(20,21)35)36-22(32)12-18-8-6-5-7-9-18;1-16-10-21-26(32,24(16)31)14-19(15-29)11-20-23-25(3,4)27(23,13-17(2)28(20,21)33)34-22(30)12-18-8-6-5-7-9-18;1-2;1-3-5-7-9-10-8-6-4-2/h5-11,17,20-21,23,31,34-35H,12-15H2,1-4H3;5-11,17,20-21,23,29,32-33H,12-15H2,1-4H3;1-2H2;/t2*17-,20+,21-,23-,26-,27+,28-;;/m11../s1/i;;1D;. The average molecular weight is 1350 g/mol. The van der Waals surface area contributed by atoms with E-state index in [4.69, 9.17) is 10.8 Å². The molecule has 0 saturated heterocycles. The van der Waals surface area contributed by atoms with Crippen LogP contribution in [-0.2, 0) is 135 Å². The van der Waals surface area contributed by atoms with Gasteiger partial charge in [0.25, 0.3) is 0 Å². The molecule has 2 aromatic rings. The first-order valence-corrected chi connectivity index (χ1v) is 40.8. The van der Waals surface area contributed by atoms with Crippen LogP contribution in [0.25, 0.3) is 0 Å². The Morgan fingerprint density at radius 1 is 0.646 bits per heavy atom. The van der Waals surface area contributed by atoms with Crippen LogP contribution in [0, 0.1) is 52.8 Å². The zero-order chi connectivity index (χ0) is 61.1. The maximum absolute atomic E-state index is 13.1. The molecule has 8 aliphatic rings. The van der Waals surface area contributed by atoms with E-state index in [9.17, 15) is 49.8 Å². The molecule has 0 bridgehead atoms. The second-order valence-corrected chi connectivity index (χ2v) is 37.8. The van der Waals surface area contributed by atoms with E-state index in [-0.39, 0.29) is 77.8 Å². The molecule has 448 valence electrons. The van der Waals surface area contributed by atoms with Gasteiger partial charge in [-0.3, -0.25) is 19.2 Å². The number of Topliss-reactive ketones (excluding diaryl/α,β-unsaturated/α-hetero) is 2. The van der Waals surface area contributed by atoms with Crippen molar-refractivity contribution in [2.45, 2.75) is 133 Å². The highest BCUT2D eigenvalue weighted by molar-refractivity contribution is 8.73. The number of azo groups is 1. The number of hydrogen-bond acceptors (Lipinski definition) is 16. The van der Waals surface area contributed by atoms with Crippen molar-refractivity contribution in [3.05, 3.63) is 118 Å². The van der Waals surface area contributed by atoms with Gasteiger partial charge in [-0.15, -0.1) is 22.9 Å². The summed E-state index contributed by atoms with van der Waals surface area (Å²) >= 11 is 9.31. The zero-order valence-electron chi connectivity index (χ0n) is 47.5. The van der Waals surface area contributed by atoms with Crippen molar-refractivity contribution in [3.8, 4) is 0 Å². The van der Waals surface area contributed by atoms with Crippen LogP contribution in [0.15, 0.2) is 117 Å². The minimum Gasteiger partial charge on any atom is -0.458 e. The third-order valence-corrected chi connectivity index (χ3v) is 33.9. The van der Waals surface area contributed by atoms with E-state index in [1.807, 2.05) is 94.4 Å². The van der Waals surface area contributed by atoms with E-state index >= 15 is 0 Å². The number of hydrogen-bond donors (Lipinski definition) is 6. The van der Waals surface area contributed by atoms with Gasteiger partial charge in [-0.05, 0) is 79.4 Å². The Balaban J connectivity index is 0.000000197. The molecule has 26 heteroatoms. The van der Waals surface area contributed by atoms with Gasteiger partial charge in [0.2, 0.25) is 5.72 Å². The van der Waals surface area contributed by atoms with Gasteiger partial charge in [0.1, 0.15) is 16.8 Å². The predicted octanol–water partition coefficient (Wildman–Crippen LogP) is 6.30. The van der Waals surface area contributed by atoms with E-state index in [1.54, 1.807) is 85.4 Å². The van der Waals surface area contributed by atoms with Crippen LogP contribution in [0.3, 0.4) is 0 Å². The summed E-state index contributed by atoms with van der Waals surface area (Å²) in [7, 11) is 15.2. The predicted molar refractivity (Wildman–Crippen MR) is 349 cm³/mol. The first kappa shape index (κ1) is 66.1. The molecule has 10 rings (SSSR count). The van der Waals surface area contributed by atoms with Gasteiger partial charge < -0.3 is 40.1 Å². The van der Waals surface area contributed by atoms with Crippen molar-refractivity contribution < 1.29 is 59.3 Å². The molecule has 6 N–H and O–H groups in total. The molecule has 1 aliphatic heterocycles. The summed E-state index contributed by atoms with van der Waals surface area (Å²) in [5.41, 5.74) is -6.36. The fourth-order valence-corrected chi connectivity index (χ4v) is 31.4. The molecular weight excluding hydrogens is 1280 g/mol. The quantitative estimate of drug-likeness (QED) is 0.0969. The lowest BCUT2D eigenvalue weighted by Gasteiger charge is -2.56. The molecule has 14 nitrogen and oxygen atoms in total. The van der Waals surface area contributed by atoms with Crippen LogP contribution in [0.5, 0.6) is 0 Å². The van der Waals surface area contributed by atoms with Gasteiger partial charge >= 0.3 is 11.9 Å². The highest BCUT2D eigenvalue weighted by atomic mass is 33.4. The topological polar surface area (TPSA) is 233 Å². The number of ketones is 2. The molecule has 1 heterocycles. The first-order chi connectivity index (χ1) is 39.1. The highest BCUT2D eigenvalue weighted by Crippen LogP contribution is 2.76. The van der Waals surface area contributed by atoms with Gasteiger partial charge in [0.05, 0.1) is 50.0 Å². The number of benzene rings is 2. The zero-order valence-corrected chi connectivity index (χ0v) is 56.9. The van der Waals surface area contributed by atoms with E-state index in [2.05, 4.69) is 55.4 Å². The van der Waals surface area contributed by atoms with Crippen molar-refractivity contribution in [2.75, 3.05) is 13.2 Å². The number of ether oxygens (including phenoxy) is 2. The minimum absolute atomic E-state index is 0.0136. The smallest absolute Gasteiger partial charge is 0.312 e. The summed E-state index contributed by atoms with van der Waals surface area (Å²) in [5, 5.41) is 77.3. The molecule has 2 aromatic carbocycles. The van der Waals surface area contributed by atoms with Crippen LogP contribution in [0.1, 0.15) is 92.2 Å². The molecule has 3 fully saturated rings. The molecule has 0 spiro atoms. The van der Waals surface area contributed by atoms with Crippen molar-refractivity contribution in [3.63, 3.8) is 0 Å². The first-order valence-electron chi connectivity index (χ1n) is 27.0. The van der Waals surface area contributed by atoms with E-state index in [0.29, 0.717) is 28.7 Å². The van der Waals surface area contributed by atoms with Crippen LogP contribution >= 0.6 is 17.8 Å². The third-order valence-electron chi connectivity index (χ3n) is 18.3. The number of nitrogens with zero attached hydrogens (tertiary/aromatic N) is 2. The fraction of sp³-hybridized carbons (Fsp3) is 0.571. The molecule has 82 heavy (non-hydrogen) atoms. The summed E-state index contributed by atoms with van der Waals surface area (Å²) < 4.78 is 18.6. The minimum atomic E-state index is -1.85. The molecule has 16 atom stereocenters. The number of aliphatic hydroxyl groups is 6. The van der Waals surface area contributed by atoms with E-state index < -0.39 is 91.9 Å². The normalized spacial score (nSPS) is 36.4. The number of aliphatic hydroxyl groups excluding tert-OH is 2. The molecule has 3 saturated carbocycles. The second kappa shape index (κ2) is 26.8. The summed E-state index contributed by atoms with van der Waals surface area (Å²) in [6, 6.07) is 18.8. The summed E-state index contributed by atoms with van der Waals surface area (Å²) in [5.74, 6) is -6.05. The highest BCUT2D eigenvalue weighted by Gasteiger charge is 2.83. The Morgan fingerprint density at radius 2 is 1.05 bits per heavy atom. The van der Waals surface area contributed by atoms with E-state index in [1.165, 1.54) is 17.8 Å². The largest absolute Gasteiger partial charge is 0.458 e.